The van der Waals surface area contributed by atoms with Crippen molar-refractivity contribution in [2.75, 3.05) is 0 Å². The predicted octanol–water partition coefficient (Wildman–Crippen LogP) is 1.85. The van der Waals surface area contributed by atoms with E-state index < -0.39 is 21.7 Å². The van der Waals surface area contributed by atoms with Crippen LogP contribution in [0.25, 0.3) is 0 Å². The Morgan fingerprint density at radius 2 is 2.05 bits per heavy atom. The Balaban J connectivity index is 2.30. The molecule has 1 aromatic carbocycles. The van der Waals surface area contributed by atoms with Crippen LogP contribution < -0.4 is 4.72 Å². The summed E-state index contributed by atoms with van der Waals surface area (Å²) in [7, 11) is -4.11. The molecule has 0 saturated carbocycles. The molecule has 0 radical (unpaired) electrons. The van der Waals surface area contributed by atoms with Crippen molar-refractivity contribution in [1.82, 2.24) is 4.72 Å². The lowest BCUT2D eigenvalue weighted by atomic mass is 10.2. The van der Waals surface area contributed by atoms with Gasteiger partial charge in [-0.15, -0.1) is 0 Å². The van der Waals surface area contributed by atoms with Gasteiger partial charge in [-0.25, -0.2) is 17.5 Å². The van der Waals surface area contributed by atoms with Gasteiger partial charge in [0.15, 0.2) is 0 Å². The second kappa shape index (κ2) is 4.85. The van der Waals surface area contributed by atoms with Gasteiger partial charge in [0.05, 0.1) is 16.7 Å². The summed E-state index contributed by atoms with van der Waals surface area (Å²) in [5, 5.41) is 0. The molecule has 1 N–H and O–H groups in total. The standard InChI is InChI=1S/C12H10FNO4S/c1-8-4-10(13)6-11(5-8)19(16,17)14-12(15)9-2-3-18-7-9/h2-7H,1H3,(H,14,15). The van der Waals surface area contributed by atoms with E-state index in [4.69, 9.17) is 0 Å². The number of furan rings is 1. The Hall–Kier alpha value is -2.15. The second-order valence-corrected chi connectivity index (χ2v) is 5.59. The van der Waals surface area contributed by atoms with Crippen LogP contribution in [-0.4, -0.2) is 14.3 Å². The molecule has 100 valence electrons. The fraction of sp³-hybridized carbons (Fsp3) is 0.0833. The minimum Gasteiger partial charge on any atom is -0.472 e. The number of nitrogens with one attached hydrogen (secondary N) is 1. The topological polar surface area (TPSA) is 76.4 Å². The fourth-order valence-electron chi connectivity index (χ4n) is 1.49. The second-order valence-electron chi connectivity index (χ2n) is 3.91. The van der Waals surface area contributed by atoms with Crippen molar-refractivity contribution in [3.05, 3.63) is 53.7 Å². The van der Waals surface area contributed by atoms with Crippen LogP contribution in [-0.2, 0) is 10.0 Å². The molecule has 1 aromatic heterocycles. The van der Waals surface area contributed by atoms with E-state index >= 15 is 0 Å². The summed E-state index contributed by atoms with van der Waals surface area (Å²) in [6.45, 7) is 1.56. The average molecular weight is 283 g/mol. The normalized spacial score (nSPS) is 11.3. The zero-order valence-electron chi connectivity index (χ0n) is 9.88. The maximum Gasteiger partial charge on any atom is 0.268 e. The van der Waals surface area contributed by atoms with Crippen molar-refractivity contribution in [3.8, 4) is 0 Å². The molecule has 19 heavy (non-hydrogen) atoms. The first-order valence-electron chi connectivity index (χ1n) is 5.25. The highest BCUT2D eigenvalue weighted by atomic mass is 32.2. The summed E-state index contributed by atoms with van der Waals surface area (Å²) in [6.07, 6.45) is 2.36. The number of amides is 1. The van der Waals surface area contributed by atoms with E-state index in [0.717, 1.165) is 12.3 Å². The van der Waals surface area contributed by atoms with Gasteiger partial charge in [0.25, 0.3) is 15.9 Å². The molecule has 1 heterocycles. The van der Waals surface area contributed by atoms with Gasteiger partial charge in [0.2, 0.25) is 0 Å². The number of carbonyl (C=O) groups excluding carboxylic acids is 1. The Morgan fingerprint density at radius 1 is 1.32 bits per heavy atom. The zero-order chi connectivity index (χ0) is 14.0. The molecule has 7 heteroatoms. The first kappa shape index (κ1) is 13.3. The van der Waals surface area contributed by atoms with Gasteiger partial charge in [-0.2, -0.15) is 0 Å². The Kier molecular flexibility index (Phi) is 3.39. The SMILES string of the molecule is Cc1cc(F)cc(S(=O)(=O)NC(=O)c2ccoc2)c1. The predicted molar refractivity (Wildman–Crippen MR) is 64.5 cm³/mol. The molecule has 0 aliphatic rings. The molecular formula is C12H10FNO4S. The molecule has 0 spiro atoms. The third-order valence-electron chi connectivity index (χ3n) is 2.34. The molecule has 0 bridgehead atoms. The number of halogens is 1. The van der Waals surface area contributed by atoms with Crippen LogP contribution in [0.5, 0.6) is 0 Å². The molecule has 0 aliphatic heterocycles. The van der Waals surface area contributed by atoms with E-state index in [-0.39, 0.29) is 10.5 Å². The highest BCUT2D eigenvalue weighted by Crippen LogP contribution is 2.14. The molecular weight excluding hydrogens is 273 g/mol. The van der Waals surface area contributed by atoms with E-state index in [0.29, 0.717) is 5.56 Å². The number of benzene rings is 1. The molecule has 0 fully saturated rings. The molecule has 0 atom stereocenters. The van der Waals surface area contributed by atoms with E-state index in [1.807, 2.05) is 4.72 Å². The van der Waals surface area contributed by atoms with Crippen molar-refractivity contribution >= 4 is 15.9 Å². The Morgan fingerprint density at radius 3 is 2.63 bits per heavy atom. The van der Waals surface area contributed by atoms with Crippen molar-refractivity contribution in [2.24, 2.45) is 0 Å². The van der Waals surface area contributed by atoms with Crippen LogP contribution in [0.15, 0.2) is 46.1 Å². The van der Waals surface area contributed by atoms with Gasteiger partial charge in [0, 0.05) is 0 Å². The highest BCUT2D eigenvalue weighted by Gasteiger charge is 2.20. The number of rotatable bonds is 3. The van der Waals surface area contributed by atoms with Gasteiger partial charge in [-0.05, 0) is 36.8 Å². The van der Waals surface area contributed by atoms with Crippen LogP contribution >= 0.6 is 0 Å². The summed E-state index contributed by atoms with van der Waals surface area (Å²) in [5.74, 6) is -1.52. The molecule has 0 aliphatic carbocycles. The minimum absolute atomic E-state index is 0.0664. The first-order chi connectivity index (χ1) is 8.88. The Bertz CT molecular complexity index is 687. The fourth-order valence-corrected chi connectivity index (χ4v) is 2.58. The molecule has 2 rings (SSSR count). The maximum atomic E-state index is 13.2. The average Bonchev–Trinajstić information content (AvgIpc) is 2.80. The van der Waals surface area contributed by atoms with Crippen LogP contribution in [0.3, 0.4) is 0 Å². The molecule has 0 saturated heterocycles. The number of hydrogen-bond acceptors (Lipinski definition) is 4. The lowest BCUT2D eigenvalue weighted by Crippen LogP contribution is -2.30. The van der Waals surface area contributed by atoms with Crippen molar-refractivity contribution < 1.29 is 22.0 Å². The monoisotopic (exact) mass is 283 g/mol. The van der Waals surface area contributed by atoms with E-state index in [9.17, 15) is 17.6 Å². The zero-order valence-corrected chi connectivity index (χ0v) is 10.7. The van der Waals surface area contributed by atoms with Crippen LogP contribution in [0.4, 0.5) is 4.39 Å². The third kappa shape index (κ3) is 3.00. The van der Waals surface area contributed by atoms with Crippen molar-refractivity contribution in [3.63, 3.8) is 0 Å². The molecule has 5 nitrogen and oxygen atoms in total. The van der Waals surface area contributed by atoms with E-state index in [2.05, 4.69) is 4.42 Å². The first-order valence-corrected chi connectivity index (χ1v) is 6.73. The summed E-state index contributed by atoms with van der Waals surface area (Å²) in [6, 6.07) is 4.63. The van der Waals surface area contributed by atoms with Crippen LogP contribution in [0.2, 0.25) is 0 Å². The summed E-state index contributed by atoms with van der Waals surface area (Å²) in [4.78, 5) is 11.3. The highest BCUT2D eigenvalue weighted by molar-refractivity contribution is 7.90. The van der Waals surface area contributed by atoms with Gasteiger partial charge in [-0.1, -0.05) is 0 Å². The van der Waals surface area contributed by atoms with Crippen molar-refractivity contribution in [2.45, 2.75) is 11.8 Å². The number of aryl methyl sites for hydroxylation is 1. The summed E-state index contributed by atoms with van der Waals surface area (Å²) >= 11 is 0. The number of sulfonamides is 1. The summed E-state index contributed by atoms with van der Waals surface area (Å²) < 4.78 is 43.5. The Labute approximate surface area is 109 Å². The number of carbonyl (C=O) groups is 1. The largest absolute Gasteiger partial charge is 0.472 e. The maximum absolute atomic E-state index is 13.2. The molecule has 0 unspecified atom stereocenters. The lowest BCUT2D eigenvalue weighted by Gasteiger charge is -2.06. The van der Waals surface area contributed by atoms with Crippen molar-refractivity contribution in [1.29, 1.82) is 0 Å². The lowest BCUT2D eigenvalue weighted by molar-refractivity contribution is 0.0981. The van der Waals surface area contributed by atoms with Crippen LogP contribution in [0.1, 0.15) is 15.9 Å². The van der Waals surface area contributed by atoms with Gasteiger partial charge >= 0.3 is 0 Å². The van der Waals surface area contributed by atoms with Gasteiger partial charge in [0.1, 0.15) is 12.1 Å². The smallest absolute Gasteiger partial charge is 0.268 e. The summed E-state index contributed by atoms with van der Waals surface area (Å²) in [5.41, 5.74) is 0.507. The van der Waals surface area contributed by atoms with E-state index in [1.54, 1.807) is 6.92 Å². The minimum atomic E-state index is -4.11. The van der Waals surface area contributed by atoms with Gasteiger partial charge in [-0.3, -0.25) is 4.79 Å². The van der Waals surface area contributed by atoms with E-state index in [1.165, 1.54) is 24.5 Å². The number of hydrogen-bond donors (Lipinski definition) is 1. The molecule has 2 aromatic rings. The quantitative estimate of drug-likeness (QED) is 0.932. The molecule has 1 amide bonds. The van der Waals surface area contributed by atoms with Crippen LogP contribution in [0, 0.1) is 12.7 Å². The van der Waals surface area contributed by atoms with Gasteiger partial charge < -0.3 is 4.42 Å². The third-order valence-corrected chi connectivity index (χ3v) is 3.65.